The number of carbonyl (C=O) groups is 3. The molecule has 0 unspecified atom stereocenters. The number of hydrogen-bond donors (Lipinski definition) is 5. The molecule has 1 saturated heterocycles. The van der Waals surface area contributed by atoms with Gasteiger partial charge in [-0.25, -0.2) is 0 Å². The average molecular weight is 541 g/mol. The maximum Gasteiger partial charge on any atom is 0.308 e. The number of hydrogen-bond acceptors (Lipinski definition) is 12. The second kappa shape index (κ2) is 18.4. The van der Waals surface area contributed by atoms with Gasteiger partial charge in [0.25, 0.3) is 0 Å². The molecule has 0 aliphatic carbocycles. The molecule has 0 bridgehead atoms. The minimum atomic E-state index is -1.95. The second-order valence-corrected chi connectivity index (χ2v) is 8.71. The van der Waals surface area contributed by atoms with Gasteiger partial charge in [0.2, 0.25) is 6.29 Å². The largest absolute Gasteiger partial charge is 0.550 e. The summed E-state index contributed by atoms with van der Waals surface area (Å²) < 4.78 is 9.71. The van der Waals surface area contributed by atoms with Gasteiger partial charge in [-0.3, -0.25) is 4.79 Å². The van der Waals surface area contributed by atoms with E-state index < -0.39 is 60.8 Å². The van der Waals surface area contributed by atoms with E-state index in [-0.39, 0.29) is 12.8 Å². The third-order valence-corrected chi connectivity index (χ3v) is 5.48. The molecule has 0 radical (unpaired) electrons. The number of aliphatic carboxylic acids is 2. The number of aliphatic hydroxyl groups is 5. The number of aliphatic hydroxyl groups excluding tert-OH is 5. The van der Waals surface area contributed by atoms with Crippen LogP contribution in [0.2, 0.25) is 0 Å². The Morgan fingerprint density at radius 2 is 1.47 bits per heavy atom. The van der Waals surface area contributed by atoms with Crippen LogP contribution in [-0.2, 0) is 23.9 Å². The first-order valence-electron chi connectivity index (χ1n) is 12.4. The topological polar surface area (TPSA) is 217 Å². The number of allylic oxidation sites excluding steroid dienone is 5. The molecule has 1 fully saturated rings. The molecule has 1 rings (SSSR count). The molecule has 214 valence electrons. The first-order valence-corrected chi connectivity index (χ1v) is 12.4. The van der Waals surface area contributed by atoms with Crippen LogP contribution in [0.25, 0.3) is 0 Å². The quantitative estimate of drug-likeness (QED) is 0.0580. The number of carboxylic acids is 2. The smallest absolute Gasteiger partial charge is 0.308 e. The van der Waals surface area contributed by atoms with Crippen LogP contribution in [-0.4, -0.2) is 86.4 Å². The fourth-order valence-corrected chi connectivity index (χ4v) is 3.36. The number of ether oxygens (including phenoxy) is 2. The van der Waals surface area contributed by atoms with E-state index >= 15 is 0 Å². The van der Waals surface area contributed by atoms with Crippen molar-refractivity contribution in [2.24, 2.45) is 0 Å². The molecule has 12 heteroatoms. The van der Waals surface area contributed by atoms with Crippen molar-refractivity contribution in [2.75, 3.05) is 0 Å². The average Bonchev–Trinajstić information content (AvgIpc) is 2.85. The summed E-state index contributed by atoms with van der Waals surface area (Å²) in [6, 6.07) is 0. The van der Waals surface area contributed by atoms with Crippen LogP contribution in [0.3, 0.4) is 0 Å². The number of carboxylic acid groups (broad SMARTS) is 2. The number of rotatable bonds is 17. The van der Waals surface area contributed by atoms with Crippen molar-refractivity contribution in [3.8, 4) is 0 Å². The van der Waals surface area contributed by atoms with E-state index in [9.17, 15) is 50.1 Å². The molecule has 5 N–H and O–H groups in total. The lowest BCUT2D eigenvalue weighted by Gasteiger charge is -2.40. The molecule has 0 aromatic heterocycles. The van der Waals surface area contributed by atoms with Crippen molar-refractivity contribution in [3.63, 3.8) is 0 Å². The lowest BCUT2D eigenvalue weighted by Crippen LogP contribution is -2.62. The Balaban J connectivity index is 2.20. The number of carbonyl (C=O) groups excluding carboxylic acids is 3. The number of unbranched alkanes of at least 4 members (excludes halogenated alkanes) is 2. The summed E-state index contributed by atoms with van der Waals surface area (Å²) in [5, 5.41) is 70.0. The zero-order valence-electron chi connectivity index (χ0n) is 20.9. The van der Waals surface area contributed by atoms with Crippen LogP contribution in [0.15, 0.2) is 48.6 Å². The van der Waals surface area contributed by atoms with Crippen LogP contribution in [0, 0.1) is 0 Å². The van der Waals surface area contributed by atoms with Gasteiger partial charge in [-0.05, 0) is 44.9 Å². The highest BCUT2D eigenvalue weighted by Crippen LogP contribution is 2.22. The van der Waals surface area contributed by atoms with Crippen LogP contribution >= 0.6 is 0 Å². The lowest BCUT2D eigenvalue weighted by atomic mass is 9.99. The van der Waals surface area contributed by atoms with E-state index in [0.717, 1.165) is 0 Å². The van der Waals surface area contributed by atoms with Crippen LogP contribution in [0.5, 0.6) is 0 Å². The highest BCUT2D eigenvalue weighted by Gasteiger charge is 2.46. The minimum absolute atomic E-state index is 0.0436. The summed E-state index contributed by atoms with van der Waals surface area (Å²) in [6.45, 7) is 0. The van der Waals surface area contributed by atoms with Crippen molar-refractivity contribution < 1.29 is 59.6 Å². The van der Waals surface area contributed by atoms with E-state index in [1.54, 1.807) is 36.5 Å². The second-order valence-electron chi connectivity index (χ2n) is 8.71. The first kappa shape index (κ1) is 33.2. The van der Waals surface area contributed by atoms with Gasteiger partial charge in [0.1, 0.15) is 24.4 Å². The summed E-state index contributed by atoms with van der Waals surface area (Å²) in [4.78, 5) is 33.2. The molecule has 38 heavy (non-hydrogen) atoms. The molecule has 7 atom stereocenters. The van der Waals surface area contributed by atoms with Crippen molar-refractivity contribution in [1.29, 1.82) is 0 Å². The van der Waals surface area contributed by atoms with Crippen LogP contribution < -0.4 is 10.2 Å². The van der Waals surface area contributed by atoms with Gasteiger partial charge in [0.05, 0.1) is 18.2 Å². The normalized spacial score (nSPS) is 25.9. The first-order chi connectivity index (χ1) is 18.0. The zero-order chi connectivity index (χ0) is 28.5. The van der Waals surface area contributed by atoms with Crippen molar-refractivity contribution in [3.05, 3.63) is 48.6 Å². The third kappa shape index (κ3) is 13.6. The van der Waals surface area contributed by atoms with E-state index in [4.69, 9.17) is 9.47 Å². The molecule has 0 aromatic carbocycles. The Morgan fingerprint density at radius 1 is 0.816 bits per heavy atom. The lowest BCUT2D eigenvalue weighted by molar-refractivity contribution is -0.346. The SMILES string of the molecule is O=C([O-])CCC[C@H](O)\C=C/C=C/C=C/[C@H](O)C/C=C\CCCCC(=O)O[C@@H]1O[C@H](C(=O)[O-])[C@@H](O)[C@H](O)[C@H]1O. The van der Waals surface area contributed by atoms with Gasteiger partial charge < -0.3 is 54.8 Å². The highest BCUT2D eigenvalue weighted by atomic mass is 16.7. The highest BCUT2D eigenvalue weighted by molar-refractivity contribution is 5.71. The Hall–Kier alpha value is -2.87. The summed E-state index contributed by atoms with van der Waals surface area (Å²) >= 11 is 0. The molecule has 0 amide bonds. The van der Waals surface area contributed by atoms with Crippen molar-refractivity contribution >= 4 is 17.9 Å². The van der Waals surface area contributed by atoms with Gasteiger partial charge in [0.15, 0.2) is 0 Å². The maximum atomic E-state index is 11.9. The summed E-state index contributed by atoms with van der Waals surface area (Å²) in [5.41, 5.74) is 0. The molecule has 1 aliphatic rings. The van der Waals surface area contributed by atoms with Gasteiger partial charge in [-0.15, -0.1) is 0 Å². The molecule has 0 spiro atoms. The molecular weight excluding hydrogens is 504 g/mol. The van der Waals surface area contributed by atoms with Crippen LogP contribution in [0.4, 0.5) is 0 Å². The van der Waals surface area contributed by atoms with E-state index in [2.05, 4.69) is 0 Å². The maximum absolute atomic E-state index is 11.9. The molecule has 12 nitrogen and oxygen atoms in total. The molecule has 1 heterocycles. The summed E-state index contributed by atoms with van der Waals surface area (Å²) in [7, 11) is 0. The molecule has 0 saturated carbocycles. The predicted molar refractivity (Wildman–Crippen MR) is 128 cm³/mol. The Morgan fingerprint density at radius 3 is 2.11 bits per heavy atom. The third-order valence-electron chi connectivity index (χ3n) is 5.48. The monoisotopic (exact) mass is 540 g/mol. The standard InChI is InChI=1S/C26H38O12/c27-17(12-7-4-5-8-13-18(28)14-10-15-19(29)30)11-6-2-1-3-9-16-20(31)37-26-23(34)21(32)22(33)24(38-26)25(35)36/h2,4-8,12-13,17-18,21-24,26-28,32-34H,1,3,9-11,14-16H2,(H,29,30)(H,35,36)/p-2/b5-4+,6-2-,12-7+,13-8-/t17-,18-,21+,22+,23-,24+,26-/m1/s1. The molecule has 0 aromatic rings. The Labute approximate surface area is 220 Å². The van der Waals surface area contributed by atoms with Gasteiger partial charge in [-0.1, -0.05) is 48.6 Å². The van der Waals surface area contributed by atoms with E-state index in [1.807, 2.05) is 6.08 Å². The van der Waals surface area contributed by atoms with Crippen LogP contribution in [0.1, 0.15) is 51.4 Å². The fourth-order valence-electron chi connectivity index (χ4n) is 3.36. The summed E-state index contributed by atoms with van der Waals surface area (Å²) in [5.74, 6) is -3.73. The van der Waals surface area contributed by atoms with Crippen molar-refractivity contribution in [1.82, 2.24) is 0 Å². The summed E-state index contributed by atoms with van der Waals surface area (Å²) in [6.07, 6.45) is 5.18. The van der Waals surface area contributed by atoms with E-state index in [1.165, 1.54) is 6.08 Å². The predicted octanol–water partition coefficient (Wildman–Crippen LogP) is -2.10. The Kier molecular flexibility index (Phi) is 16.0. The van der Waals surface area contributed by atoms with Gasteiger partial charge in [0, 0.05) is 12.4 Å². The van der Waals surface area contributed by atoms with Gasteiger partial charge >= 0.3 is 5.97 Å². The molecular formula is C26H36O12-2. The van der Waals surface area contributed by atoms with E-state index in [0.29, 0.717) is 38.5 Å². The number of esters is 1. The minimum Gasteiger partial charge on any atom is -0.550 e. The Bertz CT molecular complexity index is 849. The fraction of sp³-hybridized carbons (Fsp3) is 0.577. The van der Waals surface area contributed by atoms with Gasteiger partial charge in [-0.2, -0.15) is 0 Å². The van der Waals surface area contributed by atoms with Crippen molar-refractivity contribution in [2.45, 2.75) is 94.3 Å². The zero-order valence-corrected chi connectivity index (χ0v) is 20.9. The molecule has 1 aliphatic heterocycles.